The van der Waals surface area contributed by atoms with Crippen LogP contribution in [0.2, 0.25) is 0 Å². The Morgan fingerprint density at radius 1 is 1.14 bits per heavy atom. The van der Waals surface area contributed by atoms with Crippen molar-refractivity contribution in [1.82, 2.24) is 0 Å². The third-order valence-corrected chi connectivity index (χ3v) is 2.25. The lowest BCUT2D eigenvalue weighted by Crippen LogP contribution is -2.16. The molecule has 0 aliphatic heterocycles. The largest absolute Gasteiger partial charge is 0.872 e. The van der Waals surface area contributed by atoms with Gasteiger partial charge in [-0.3, -0.25) is 0 Å². The van der Waals surface area contributed by atoms with Crippen molar-refractivity contribution >= 4 is 5.76 Å². The van der Waals surface area contributed by atoms with Crippen LogP contribution in [0, 0.1) is 0 Å². The Kier molecular flexibility index (Phi) is 1.80. The molecule has 0 amide bonds. The Bertz CT molecular complexity index is 404. The molecular weight excluding hydrogens is 193 g/mol. The van der Waals surface area contributed by atoms with Gasteiger partial charge in [0.05, 0.1) is 0 Å². The minimum atomic E-state index is -4.50. The highest BCUT2D eigenvalue weighted by Gasteiger charge is 2.37. The molecule has 0 N–H and O–H groups in total. The first kappa shape index (κ1) is 9.12. The van der Waals surface area contributed by atoms with Crippen LogP contribution in [0.15, 0.2) is 29.8 Å². The zero-order chi connectivity index (χ0) is 10.3. The van der Waals surface area contributed by atoms with Crippen LogP contribution in [0.1, 0.15) is 11.1 Å². The summed E-state index contributed by atoms with van der Waals surface area (Å²) in [5.74, 6) is -0.881. The highest BCUT2D eigenvalue weighted by molar-refractivity contribution is 5.70. The minimum absolute atomic E-state index is 0.180. The van der Waals surface area contributed by atoms with E-state index < -0.39 is 17.5 Å². The van der Waals surface area contributed by atoms with Gasteiger partial charge in [0.1, 0.15) is 0 Å². The maximum Gasteiger partial charge on any atom is 0.412 e. The lowest BCUT2D eigenvalue weighted by Gasteiger charge is -2.14. The van der Waals surface area contributed by atoms with Crippen molar-refractivity contribution in [2.45, 2.75) is 12.6 Å². The van der Waals surface area contributed by atoms with Crippen molar-refractivity contribution in [3.8, 4) is 0 Å². The molecule has 4 heteroatoms. The summed E-state index contributed by atoms with van der Waals surface area (Å²) in [6.07, 6.45) is -4.80. The molecule has 1 aliphatic carbocycles. The van der Waals surface area contributed by atoms with E-state index in [1.165, 1.54) is 6.07 Å². The molecule has 0 bridgehead atoms. The SMILES string of the molecule is [O-]C1=C(C(F)(F)F)Cc2ccccc21. The Hall–Kier alpha value is -1.45. The van der Waals surface area contributed by atoms with Gasteiger partial charge in [-0.1, -0.05) is 30.0 Å². The van der Waals surface area contributed by atoms with E-state index in [1.54, 1.807) is 18.2 Å². The molecule has 2 rings (SSSR count). The van der Waals surface area contributed by atoms with Gasteiger partial charge in [-0.25, -0.2) is 0 Å². The summed E-state index contributed by atoms with van der Waals surface area (Å²) in [6.45, 7) is 0. The first-order valence-corrected chi connectivity index (χ1v) is 4.06. The molecule has 0 fully saturated rings. The first-order chi connectivity index (χ1) is 6.50. The van der Waals surface area contributed by atoms with Crippen LogP contribution in [0.4, 0.5) is 13.2 Å². The highest BCUT2D eigenvalue weighted by atomic mass is 19.4. The minimum Gasteiger partial charge on any atom is -0.872 e. The molecule has 0 spiro atoms. The molecule has 0 saturated heterocycles. The third-order valence-electron chi connectivity index (χ3n) is 2.25. The number of allylic oxidation sites excluding steroid dienone is 1. The molecule has 0 radical (unpaired) electrons. The fourth-order valence-electron chi connectivity index (χ4n) is 1.56. The number of fused-ring (bicyclic) bond motifs is 1. The highest BCUT2D eigenvalue weighted by Crippen LogP contribution is 2.38. The molecule has 0 unspecified atom stereocenters. The first-order valence-electron chi connectivity index (χ1n) is 4.06. The molecule has 0 heterocycles. The van der Waals surface area contributed by atoms with Crippen molar-refractivity contribution in [2.24, 2.45) is 0 Å². The normalized spacial score (nSPS) is 15.9. The molecule has 1 aromatic carbocycles. The van der Waals surface area contributed by atoms with E-state index in [0.29, 0.717) is 5.56 Å². The third kappa shape index (κ3) is 1.27. The maximum absolute atomic E-state index is 12.3. The molecule has 14 heavy (non-hydrogen) atoms. The quantitative estimate of drug-likeness (QED) is 0.625. The maximum atomic E-state index is 12.3. The summed E-state index contributed by atoms with van der Waals surface area (Å²) in [5.41, 5.74) is -0.316. The number of hydrogen-bond acceptors (Lipinski definition) is 1. The molecule has 0 atom stereocenters. The van der Waals surface area contributed by atoms with E-state index in [0.717, 1.165) is 0 Å². The molecule has 1 aliphatic rings. The summed E-state index contributed by atoms with van der Waals surface area (Å²) in [6, 6.07) is 6.17. The van der Waals surface area contributed by atoms with Crippen LogP contribution in [0.3, 0.4) is 0 Å². The van der Waals surface area contributed by atoms with Gasteiger partial charge >= 0.3 is 6.18 Å². The van der Waals surface area contributed by atoms with Crippen molar-refractivity contribution in [3.63, 3.8) is 0 Å². The van der Waals surface area contributed by atoms with Gasteiger partial charge < -0.3 is 5.11 Å². The molecular formula is C10H6F3O-. The standard InChI is InChI=1S/C10H7F3O/c11-10(12,13)8-5-6-3-1-2-4-7(6)9(8)14/h1-4,14H,5H2/p-1. The monoisotopic (exact) mass is 199 g/mol. The summed E-state index contributed by atoms with van der Waals surface area (Å²) in [4.78, 5) is 0. The fraction of sp³-hybridized carbons (Fsp3) is 0.200. The smallest absolute Gasteiger partial charge is 0.412 e. The number of halogens is 3. The topological polar surface area (TPSA) is 23.1 Å². The number of rotatable bonds is 0. The Balaban J connectivity index is 2.50. The predicted molar refractivity (Wildman–Crippen MR) is 43.1 cm³/mol. The second kappa shape index (κ2) is 2.77. The van der Waals surface area contributed by atoms with Crippen LogP contribution in [0.25, 0.3) is 5.76 Å². The lowest BCUT2D eigenvalue weighted by molar-refractivity contribution is -0.248. The summed E-state index contributed by atoms with van der Waals surface area (Å²) in [7, 11) is 0. The average molecular weight is 199 g/mol. The fourth-order valence-corrected chi connectivity index (χ4v) is 1.56. The predicted octanol–water partition coefficient (Wildman–Crippen LogP) is 1.88. The van der Waals surface area contributed by atoms with Crippen LogP contribution in [-0.2, 0) is 6.42 Å². The van der Waals surface area contributed by atoms with E-state index in [2.05, 4.69) is 0 Å². The van der Waals surface area contributed by atoms with E-state index in [4.69, 9.17) is 0 Å². The van der Waals surface area contributed by atoms with Gasteiger partial charge in [-0.15, -0.1) is 0 Å². The van der Waals surface area contributed by atoms with Crippen molar-refractivity contribution in [3.05, 3.63) is 41.0 Å². The van der Waals surface area contributed by atoms with E-state index >= 15 is 0 Å². The van der Waals surface area contributed by atoms with E-state index in [9.17, 15) is 18.3 Å². The molecule has 0 aromatic heterocycles. The molecule has 1 aromatic rings. The number of benzene rings is 1. The summed E-state index contributed by atoms with van der Waals surface area (Å²) in [5, 5.41) is 11.3. The summed E-state index contributed by atoms with van der Waals surface area (Å²) < 4.78 is 37.0. The van der Waals surface area contributed by atoms with Crippen molar-refractivity contribution in [2.75, 3.05) is 0 Å². The van der Waals surface area contributed by atoms with Crippen LogP contribution in [-0.4, -0.2) is 6.18 Å². The zero-order valence-corrected chi connectivity index (χ0v) is 7.06. The van der Waals surface area contributed by atoms with E-state index in [1.807, 2.05) is 0 Å². The lowest BCUT2D eigenvalue weighted by atomic mass is 10.1. The number of hydrogen-bond donors (Lipinski definition) is 0. The van der Waals surface area contributed by atoms with Gasteiger partial charge in [-0.05, 0) is 11.1 Å². The average Bonchev–Trinajstić information content (AvgIpc) is 2.44. The van der Waals surface area contributed by atoms with Gasteiger partial charge in [0, 0.05) is 12.0 Å². The zero-order valence-electron chi connectivity index (χ0n) is 7.06. The summed E-state index contributed by atoms with van der Waals surface area (Å²) >= 11 is 0. The number of alkyl halides is 3. The molecule has 74 valence electrons. The Labute approximate surface area is 78.5 Å². The Morgan fingerprint density at radius 3 is 2.36 bits per heavy atom. The van der Waals surface area contributed by atoms with Crippen LogP contribution >= 0.6 is 0 Å². The second-order valence-electron chi connectivity index (χ2n) is 3.14. The van der Waals surface area contributed by atoms with E-state index in [-0.39, 0.29) is 12.0 Å². The van der Waals surface area contributed by atoms with Crippen molar-refractivity contribution < 1.29 is 18.3 Å². The van der Waals surface area contributed by atoms with Gasteiger partial charge in [0.15, 0.2) is 0 Å². The Morgan fingerprint density at radius 2 is 1.79 bits per heavy atom. The van der Waals surface area contributed by atoms with Gasteiger partial charge in [0.2, 0.25) is 0 Å². The molecule has 0 saturated carbocycles. The van der Waals surface area contributed by atoms with Crippen LogP contribution in [0.5, 0.6) is 0 Å². The van der Waals surface area contributed by atoms with Crippen LogP contribution < -0.4 is 5.11 Å². The van der Waals surface area contributed by atoms with Crippen molar-refractivity contribution in [1.29, 1.82) is 0 Å². The molecule has 1 nitrogen and oxygen atoms in total. The van der Waals surface area contributed by atoms with Gasteiger partial charge in [-0.2, -0.15) is 13.2 Å². The second-order valence-corrected chi connectivity index (χ2v) is 3.14. The van der Waals surface area contributed by atoms with Gasteiger partial charge in [0.25, 0.3) is 0 Å².